The van der Waals surface area contributed by atoms with E-state index in [1.807, 2.05) is 6.82 Å². The van der Waals surface area contributed by atoms with Crippen molar-refractivity contribution in [1.82, 2.24) is 5.32 Å². The lowest BCUT2D eigenvalue weighted by Crippen LogP contribution is -2.35. The van der Waals surface area contributed by atoms with Gasteiger partial charge in [-0.1, -0.05) is 6.82 Å². The minimum atomic E-state index is 0.213. The van der Waals surface area contributed by atoms with Gasteiger partial charge in [-0.2, -0.15) is 0 Å². The van der Waals surface area contributed by atoms with Crippen LogP contribution in [-0.2, 0) is 9.59 Å². The van der Waals surface area contributed by atoms with E-state index in [0.717, 1.165) is 0 Å². The Labute approximate surface area is 66.6 Å². The number of carbonyl (C=O) groups excluding carboxylic acids is 2. The minimum absolute atomic E-state index is 0.213. The van der Waals surface area contributed by atoms with E-state index in [2.05, 4.69) is 5.32 Å². The number of rotatable bonds is 0. The van der Waals surface area contributed by atoms with Crippen LogP contribution in [0.5, 0.6) is 0 Å². The van der Waals surface area contributed by atoms with Crippen molar-refractivity contribution in [2.24, 2.45) is 0 Å². The van der Waals surface area contributed by atoms with E-state index >= 15 is 0 Å². The molecule has 3 nitrogen and oxygen atoms in total. The summed E-state index contributed by atoms with van der Waals surface area (Å²) in [5, 5.41) is 2.81. The molecule has 0 aromatic rings. The first kappa shape index (κ1) is 8.46. The molecule has 0 atom stereocenters. The standard InChI is InChI=1S/C7H12BNO2/c1-8-2-6(10)4-9-5-7(11)3-8/h9H,2-5H2,1H3. The molecular weight excluding hydrogens is 141 g/mol. The Balaban J connectivity index is 2.47. The zero-order valence-corrected chi connectivity index (χ0v) is 6.72. The molecule has 1 heterocycles. The van der Waals surface area contributed by atoms with Gasteiger partial charge in [-0.05, 0) is 12.6 Å². The smallest absolute Gasteiger partial charge is 0.153 e. The van der Waals surface area contributed by atoms with Gasteiger partial charge in [0.05, 0.1) is 13.1 Å². The maximum absolute atomic E-state index is 11.0. The Bertz CT molecular complexity index is 163. The zero-order chi connectivity index (χ0) is 8.27. The Morgan fingerprint density at radius 2 is 1.64 bits per heavy atom. The van der Waals surface area contributed by atoms with Gasteiger partial charge < -0.3 is 5.32 Å². The third-order valence-electron chi connectivity index (χ3n) is 1.80. The molecule has 60 valence electrons. The summed E-state index contributed by atoms with van der Waals surface area (Å²) in [6.07, 6.45) is 1.08. The zero-order valence-electron chi connectivity index (χ0n) is 6.72. The van der Waals surface area contributed by atoms with Crippen LogP contribution in [0.3, 0.4) is 0 Å². The molecule has 1 aliphatic rings. The van der Waals surface area contributed by atoms with Crippen molar-refractivity contribution in [1.29, 1.82) is 0 Å². The van der Waals surface area contributed by atoms with E-state index in [1.165, 1.54) is 0 Å². The van der Waals surface area contributed by atoms with Gasteiger partial charge in [0.1, 0.15) is 11.6 Å². The van der Waals surface area contributed by atoms with Gasteiger partial charge in [-0.15, -0.1) is 0 Å². The van der Waals surface area contributed by atoms with E-state index in [4.69, 9.17) is 0 Å². The first-order chi connectivity index (χ1) is 5.18. The number of hydrogen-bond acceptors (Lipinski definition) is 3. The highest BCUT2D eigenvalue weighted by molar-refractivity contribution is 6.64. The maximum Gasteiger partial charge on any atom is 0.153 e. The molecule has 1 saturated heterocycles. The van der Waals surface area contributed by atoms with E-state index < -0.39 is 0 Å². The van der Waals surface area contributed by atoms with Crippen LogP contribution in [0.15, 0.2) is 0 Å². The fourth-order valence-electron chi connectivity index (χ4n) is 1.34. The van der Waals surface area contributed by atoms with Crippen LogP contribution in [0.25, 0.3) is 0 Å². The predicted octanol–water partition coefficient (Wildman–Crippen LogP) is -0.148. The lowest BCUT2D eigenvalue weighted by molar-refractivity contribution is -0.117. The number of hydrogen-bond donors (Lipinski definition) is 1. The van der Waals surface area contributed by atoms with E-state index in [9.17, 15) is 9.59 Å². The molecule has 0 saturated carbocycles. The summed E-state index contributed by atoms with van der Waals surface area (Å²) in [7, 11) is 0. The number of Topliss-reactive ketones (excluding diaryl/α,β-unsaturated/α-hetero) is 2. The van der Waals surface area contributed by atoms with Crippen LogP contribution in [0.2, 0.25) is 19.5 Å². The quantitative estimate of drug-likeness (QED) is 0.492. The van der Waals surface area contributed by atoms with Crippen molar-refractivity contribution in [3.05, 3.63) is 0 Å². The molecule has 0 radical (unpaired) electrons. The Kier molecular flexibility index (Phi) is 2.82. The summed E-state index contributed by atoms with van der Waals surface area (Å²) in [4.78, 5) is 22.0. The van der Waals surface area contributed by atoms with Crippen molar-refractivity contribution in [2.75, 3.05) is 13.1 Å². The van der Waals surface area contributed by atoms with Gasteiger partial charge in [-0.3, -0.25) is 9.59 Å². The minimum Gasteiger partial charge on any atom is -0.303 e. The van der Waals surface area contributed by atoms with Crippen molar-refractivity contribution in [3.63, 3.8) is 0 Å². The second kappa shape index (κ2) is 3.67. The van der Waals surface area contributed by atoms with Crippen LogP contribution >= 0.6 is 0 Å². The number of ketones is 2. The van der Waals surface area contributed by atoms with Crippen molar-refractivity contribution in [2.45, 2.75) is 19.5 Å². The Morgan fingerprint density at radius 3 is 2.09 bits per heavy atom. The van der Waals surface area contributed by atoms with Crippen molar-refractivity contribution >= 4 is 18.3 Å². The highest BCUT2D eigenvalue weighted by Gasteiger charge is 2.18. The third kappa shape index (κ3) is 2.84. The average Bonchev–Trinajstić information content (AvgIpc) is 1.83. The highest BCUT2D eigenvalue weighted by Crippen LogP contribution is 2.02. The Hall–Kier alpha value is -0.635. The lowest BCUT2D eigenvalue weighted by atomic mass is 9.45. The second-order valence-electron chi connectivity index (χ2n) is 3.19. The molecule has 0 bridgehead atoms. The van der Waals surface area contributed by atoms with Crippen molar-refractivity contribution < 1.29 is 9.59 Å². The first-order valence-electron chi connectivity index (χ1n) is 3.92. The number of carbonyl (C=O) groups is 2. The molecule has 0 spiro atoms. The molecule has 1 N–H and O–H groups in total. The summed E-state index contributed by atoms with van der Waals surface area (Å²) in [5.41, 5.74) is 0. The average molecular weight is 153 g/mol. The first-order valence-corrected chi connectivity index (χ1v) is 3.92. The summed E-state index contributed by atoms with van der Waals surface area (Å²) in [5.74, 6) is 0.426. The second-order valence-corrected chi connectivity index (χ2v) is 3.19. The molecule has 0 unspecified atom stereocenters. The van der Waals surface area contributed by atoms with Crippen LogP contribution in [-0.4, -0.2) is 31.4 Å². The molecule has 1 fully saturated rings. The van der Waals surface area contributed by atoms with Gasteiger partial charge in [-0.25, -0.2) is 0 Å². The summed E-state index contributed by atoms with van der Waals surface area (Å²) >= 11 is 0. The summed E-state index contributed by atoms with van der Waals surface area (Å²) in [6, 6.07) is 0. The van der Waals surface area contributed by atoms with Crippen LogP contribution in [0.1, 0.15) is 0 Å². The molecule has 0 aromatic carbocycles. The maximum atomic E-state index is 11.0. The van der Waals surface area contributed by atoms with Gasteiger partial charge in [0.2, 0.25) is 0 Å². The van der Waals surface area contributed by atoms with Crippen LogP contribution in [0.4, 0.5) is 0 Å². The van der Waals surface area contributed by atoms with Crippen LogP contribution < -0.4 is 5.32 Å². The van der Waals surface area contributed by atoms with Gasteiger partial charge in [0.25, 0.3) is 0 Å². The fourth-order valence-corrected chi connectivity index (χ4v) is 1.34. The van der Waals surface area contributed by atoms with Gasteiger partial charge >= 0.3 is 0 Å². The largest absolute Gasteiger partial charge is 0.303 e. The van der Waals surface area contributed by atoms with E-state index in [1.54, 1.807) is 0 Å². The third-order valence-corrected chi connectivity index (χ3v) is 1.80. The SMILES string of the molecule is CB1CC(=O)CNCC(=O)C1. The molecule has 0 aromatic heterocycles. The summed E-state index contributed by atoms with van der Waals surface area (Å²) < 4.78 is 0. The highest BCUT2D eigenvalue weighted by atomic mass is 16.1. The van der Waals surface area contributed by atoms with Gasteiger partial charge in [0.15, 0.2) is 6.71 Å². The molecule has 0 aliphatic carbocycles. The normalized spacial score (nSPS) is 21.4. The lowest BCUT2D eigenvalue weighted by Gasteiger charge is -2.11. The monoisotopic (exact) mass is 153 g/mol. The fraction of sp³-hybridized carbons (Fsp3) is 0.714. The molecular formula is C7H12BNO2. The molecule has 1 aliphatic heterocycles. The molecule has 1 rings (SSSR count). The topological polar surface area (TPSA) is 46.2 Å². The van der Waals surface area contributed by atoms with Crippen LogP contribution in [0, 0.1) is 0 Å². The Morgan fingerprint density at radius 1 is 1.18 bits per heavy atom. The summed E-state index contributed by atoms with van der Waals surface area (Å²) in [6.45, 7) is 2.89. The van der Waals surface area contributed by atoms with E-state index in [-0.39, 0.29) is 18.3 Å². The van der Waals surface area contributed by atoms with E-state index in [0.29, 0.717) is 25.7 Å². The molecule has 11 heavy (non-hydrogen) atoms. The molecule has 0 amide bonds. The predicted molar refractivity (Wildman–Crippen MR) is 44.1 cm³/mol. The van der Waals surface area contributed by atoms with Gasteiger partial charge in [0, 0.05) is 0 Å². The molecule has 4 heteroatoms. The van der Waals surface area contributed by atoms with Crippen molar-refractivity contribution in [3.8, 4) is 0 Å². The number of nitrogens with one attached hydrogen (secondary N) is 1.